The van der Waals surface area contributed by atoms with Crippen LogP contribution < -0.4 is 5.73 Å². The second-order valence-corrected chi connectivity index (χ2v) is 3.64. The molecule has 3 nitrogen and oxygen atoms in total. The molecule has 1 unspecified atom stereocenters. The van der Waals surface area contributed by atoms with Gasteiger partial charge in [-0.1, -0.05) is 6.07 Å². The Kier molecular flexibility index (Phi) is 2.59. The van der Waals surface area contributed by atoms with E-state index in [9.17, 15) is 4.79 Å². The van der Waals surface area contributed by atoms with Gasteiger partial charge in [-0.15, -0.1) is 0 Å². The molecule has 0 radical (unpaired) electrons. The van der Waals surface area contributed by atoms with Gasteiger partial charge in [0, 0.05) is 12.6 Å². The molecule has 0 aliphatic heterocycles. The fourth-order valence-corrected chi connectivity index (χ4v) is 2.04. The number of nitrogens with zero attached hydrogens (tertiary/aromatic N) is 1. The van der Waals surface area contributed by atoms with Crippen LogP contribution in [0.2, 0.25) is 0 Å². The first kappa shape index (κ1) is 9.34. The molecular weight excluding hydrogens is 176 g/mol. The van der Waals surface area contributed by atoms with E-state index in [0.717, 1.165) is 18.5 Å². The second kappa shape index (κ2) is 3.88. The van der Waals surface area contributed by atoms with Crippen LogP contribution in [0, 0.1) is 0 Å². The minimum absolute atomic E-state index is 0.00903. The fourth-order valence-electron chi connectivity index (χ4n) is 2.04. The molecule has 14 heavy (non-hydrogen) atoms. The zero-order valence-corrected chi connectivity index (χ0v) is 8.07. The maximum Gasteiger partial charge on any atom is 0.143 e. The lowest BCUT2D eigenvalue weighted by Crippen LogP contribution is -2.15. The zero-order chi connectivity index (χ0) is 9.97. The number of aryl methyl sites for hydroxylation is 1. The minimum atomic E-state index is 0.00903. The number of pyridine rings is 1. The Bertz CT molecular complexity index is 349. The van der Waals surface area contributed by atoms with Crippen LogP contribution in [0.15, 0.2) is 18.3 Å². The molecule has 0 fully saturated rings. The number of carbonyl (C=O) groups excluding carboxylic acids is 1. The quantitative estimate of drug-likeness (QED) is 0.774. The van der Waals surface area contributed by atoms with Crippen LogP contribution >= 0.6 is 0 Å². The molecule has 1 atom stereocenters. The summed E-state index contributed by atoms with van der Waals surface area (Å²) in [5.41, 5.74) is 7.58. The Hall–Kier alpha value is -1.22. The van der Waals surface area contributed by atoms with E-state index in [1.54, 1.807) is 6.20 Å². The molecule has 0 bridgehead atoms. The molecule has 1 aliphatic carbocycles. The largest absolute Gasteiger partial charge is 0.330 e. The molecule has 0 spiro atoms. The third-order valence-corrected chi connectivity index (χ3v) is 2.74. The lowest BCUT2D eigenvalue weighted by molar-refractivity contribution is -0.120. The predicted octanol–water partition coefficient (Wildman–Crippen LogP) is 1.03. The van der Waals surface area contributed by atoms with Gasteiger partial charge in [0.2, 0.25) is 0 Å². The number of hydrogen-bond acceptors (Lipinski definition) is 3. The normalized spacial score (nSPS) is 19.4. The molecule has 1 aromatic heterocycles. The molecule has 74 valence electrons. The van der Waals surface area contributed by atoms with Crippen molar-refractivity contribution in [3.63, 3.8) is 0 Å². The zero-order valence-electron chi connectivity index (χ0n) is 8.07. The van der Waals surface area contributed by atoms with Crippen molar-refractivity contribution in [3.8, 4) is 0 Å². The summed E-state index contributed by atoms with van der Waals surface area (Å²) in [7, 11) is 0. The van der Waals surface area contributed by atoms with E-state index in [1.807, 2.05) is 6.07 Å². The van der Waals surface area contributed by atoms with Crippen molar-refractivity contribution in [1.82, 2.24) is 4.98 Å². The number of hydrogen-bond donors (Lipinski definition) is 1. The highest BCUT2D eigenvalue weighted by molar-refractivity contribution is 5.86. The van der Waals surface area contributed by atoms with E-state index in [4.69, 9.17) is 5.73 Å². The number of nitrogens with two attached hydrogens (primary N) is 1. The Labute approximate surface area is 83.3 Å². The van der Waals surface area contributed by atoms with E-state index in [1.165, 1.54) is 5.56 Å². The SMILES string of the molecule is NCCC(=O)C1CCc2cccnc21. The summed E-state index contributed by atoms with van der Waals surface area (Å²) >= 11 is 0. The second-order valence-electron chi connectivity index (χ2n) is 3.64. The first-order valence-electron chi connectivity index (χ1n) is 4.99. The molecule has 2 N–H and O–H groups in total. The van der Waals surface area contributed by atoms with Crippen molar-refractivity contribution < 1.29 is 4.79 Å². The highest BCUT2D eigenvalue weighted by Gasteiger charge is 2.28. The topological polar surface area (TPSA) is 56.0 Å². The van der Waals surface area contributed by atoms with Crippen LogP contribution in [0.5, 0.6) is 0 Å². The van der Waals surface area contributed by atoms with Crippen LogP contribution in [0.4, 0.5) is 0 Å². The van der Waals surface area contributed by atoms with Gasteiger partial charge < -0.3 is 5.73 Å². The van der Waals surface area contributed by atoms with Gasteiger partial charge in [-0.25, -0.2) is 0 Å². The third kappa shape index (κ3) is 1.55. The molecule has 0 aromatic carbocycles. The molecular formula is C11H14N2O. The van der Waals surface area contributed by atoms with Gasteiger partial charge in [-0.3, -0.25) is 9.78 Å². The Morgan fingerprint density at radius 3 is 3.29 bits per heavy atom. The van der Waals surface area contributed by atoms with E-state index in [0.29, 0.717) is 13.0 Å². The average Bonchev–Trinajstić information content (AvgIpc) is 2.61. The van der Waals surface area contributed by atoms with Crippen molar-refractivity contribution in [3.05, 3.63) is 29.6 Å². The van der Waals surface area contributed by atoms with Crippen molar-refractivity contribution in [2.45, 2.75) is 25.2 Å². The van der Waals surface area contributed by atoms with Gasteiger partial charge in [-0.05, 0) is 31.0 Å². The van der Waals surface area contributed by atoms with Crippen LogP contribution in [0.25, 0.3) is 0 Å². The summed E-state index contributed by atoms with van der Waals surface area (Å²) in [4.78, 5) is 16.0. The number of Topliss-reactive ketones (excluding diaryl/α,β-unsaturated/α-hetero) is 1. The van der Waals surface area contributed by atoms with Crippen molar-refractivity contribution in [2.24, 2.45) is 5.73 Å². The molecule has 1 aromatic rings. The summed E-state index contributed by atoms with van der Waals surface area (Å²) in [5, 5.41) is 0. The maximum atomic E-state index is 11.7. The molecule has 1 aliphatic rings. The highest BCUT2D eigenvalue weighted by atomic mass is 16.1. The Morgan fingerprint density at radius 1 is 1.64 bits per heavy atom. The summed E-state index contributed by atoms with van der Waals surface area (Å²) in [5.74, 6) is 0.250. The lowest BCUT2D eigenvalue weighted by Gasteiger charge is -2.07. The summed E-state index contributed by atoms with van der Waals surface area (Å²) in [6.07, 6.45) is 4.11. The van der Waals surface area contributed by atoms with Gasteiger partial charge in [0.25, 0.3) is 0 Å². The van der Waals surface area contributed by atoms with Crippen molar-refractivity contribution in [1.29, 1.82) is 0 Å². The first-order valence-corrected chi connectivity index (χ1v) is 4.99. The lowest BCUT2D eigenvalue weighted by atomic mass is 9.99. The number of ketones is 1. The van der Waals surface area contributed by atoms with E-state index in [2.05, 4.69) is 11.1 Å². The molecule has 1 heterocycles. The number of rotatable bonds is 3. The van der Waals surface area contributed by atoms with Gasteiger partial charge in [0.05, 0.1) is 11.6 Å². The van der Waals surface area contributed by atoms with Gasteiger partial charge in [0.15, 0.2) is 0 Å². The minimum Gasteiger partial charge on any atom is -0.330 e. The van der Waals surface area contributed by atoms with Crippen LogP contribution in [-0.4, -0.2) is 17.3 Å². The van der Waals surface area contributed by atoms with Crippen molar-refractivity contribution >= 4 is 5.78 Å². The van der Waals surface area contributed by atoms with E-state index in [-0.39, 0.29) is 11.7 Å². The van der Waals surface area contributed by atoms with E-state index < -0.39 is 0 Å². The molecule has 2 rings (SSSR count). The molecule has 3 heteroatoms. The monoisotopic (exact) mass is 190 g/mol. The maximum absolute atomic E-state index is 11.7. The molecule has 0 saturated carbocycles. The molecule has 0 saturated heterocycles. The predicted molar refractivity (Wildman–Crippen MR) is 54.0 cm³/mol. The fraction of sp³-hybridized carbons (Fsp3) is 0.455. The van der Waals surface area contributed by atoms with Gasteiger partial charge in [0.1, 0.15) is 5.78 Å². The summed E-state index contributed by atoms with van der Waals surface area (Å²) in [6.45, 7) is 0.442. The number of aromatic nitrogens is 1. The first-order chi connectivity index (χ1) is 6.83. The number of fused-ring (bicyclic) bond motifs is 1. The smallest absolute Gasteiger partial charge is 0.143 e. The number of carbonyl (C=O) groups is 1. The third-order valence-electron chi connectivity index (χ3n) is 2.74. The van der Waals surface area contributed by atoms with Crippen molar-refractivity contribution in [2.75, 3.05) is 6.54 Å². The van der Waals surface area contributed by atoms with Crippen LogP contribution in [-0.2, 0) is 11.2 Å². The van der Waals surface area contributed by atoms with E-state index >= 15 is 0 Å². The van der Waals surface area contributed by atoms with Crippen LogP contribution in [0.1, 0.15) is 30.0 Å². The Morgan fingerprint density at radius 2 is 2.50 bits per heavy atom. The molecule has 0 amide bonds. The van der Waals surface area contributed by atoms with Gasteiger partial charge >= 0.3 is 0 Å². The summed E-state index contributed by atoms with van der Waals surface area (Å²) in [6, 6.07) is 3.98. The van der Waals surface area contributed by atoms with Gasteiger partial charge in [-0.2, -0.15) is 0 Å². The Balaban J connectivity index is 2.21. The highest BCUT2D eigenvalue weighted by Crippen LogP contribution is 2.32. The standard InChI is InChI=1S/C11H14N2O/c12-6-5-10(14)9-4-3-8-2-1-7-13-11(8)9/h1-2,7,9H,3-6,12H2. The summed E-state index contributed by atoms with van der Waals surface area (Å²) < 4.78 is 0. The average molecular weight is 190 g/mol. The van der Waals surface area contributed by atoms with Crippen LogP contribution in [0.3, 0.4) is 0 Å².